The second kappa shape index (κ2) is 5.47. The molecule has 96 valence electrons. The highest BCUT2D eigenvalue weighted by molar-refractivity contribution is 5.30. The number of hydrogen-bond acceptors (Lipinski definition) is 3. The predicted molar refractivity (Wildman–Crippen MR) is 65.5 cm³/mol. The van der Waals surface area contributed by atoms with Crippen LogP contribution in [0.15, 0.2) is 18.2 Å². The first-order valence-electron chi connectivity index (χ1n) is 5.67. The molecule has 0 amide bonds. The smallest absolute Gasteiger partial charge is 0.167 e. The molecule has 1 aromatic rings. The van der Waals surface area contributed by atoms with Crippen molar-refractivity contribution in [3.05, 3.63) is 29.6 Å². The lowest BCUT2D eigenvalue weighted by Crippen LogP contribution is -2.43. The third kappa shape index (κ3) is 3.98. The fraction of sp³-hybridized carbons (Fsp3) is 0.538. The Bertz CT molecular complexity index is 380. The molecule has 0 heterocycles. The Balaban J connectivity index is 2.68. The highest BCUT2D eigenvalue weighted by atomic mass is 19.1. The van der Waals surface area contributed by atoms with Gasteiger partial charge in [0, 0.05) is 12.0 Å². The molecule has 3 nitrogen and oxygen atoms in total. The Morgan fingerprint density at radius 3 is 2.76 bits per heavy atom. The Kier molecular flexibility index (Phi) is 4.48. The van der Waals surface area contributed by atoms with Gasteiger partial charge in [-0.1, -0.05) is 12.1 Å². The number of benzene rings is 1. The summed E-state index contributed by atoms with van der Waals surface area (Å²) in [6.07, 6.45) is 0.199. The number of rotatable bonds is 5. The van der Waals surface area contributed by atoms with E-state index in [0.717, 1.165) is 0 Å². The van der Waals surface area contributed by atoms with Crippen LogP contribution in [0.5, 0.6) is 5.75 Å². The zero-order valence-corrected chi connectivity index (χ0v) is 10.5. The highest BCUT2D eigenvalue weighted by Crippen LogP contribution is 2.22. The van der Waals surface area contributed by atoms with E-state index >= 15 is 0 Å². The Hall–Kier alpha value is -1.13. The van der Waals surface area contributed by atoms with Crippen LogP contribution in [-0.2, 0) is 0 Å². The van der Waals surface area contributed by atoms with Crippen LogP contribution in [-0.4, -0.2) is 23.4 Å². The van der Waals surface area contributed by atoms with Crippen LogP contribution < -0.4 is 10.5 Å². The van der Waals surface area contributed by atoms with Gasteiger partial charge in [-0.25, -0.2) is 4.39 Å². The molecule has 0 fully saturated rings. The molecule has 0 aromatic heterocycles. The molecule has 0 aliphatic heterocycles. The Labute approximate surface area is 101 Å². The molecule has 0 aliphatic carbocycles. The van der Waals surface area contributed by atoms with Gasteiger partial charge in [-0.2, -0.15) is 0 Å². The molecule has 2 unspecified atom stereocenters. The van der Waals surface area contributed by atoms with Crippen molar-refractivity contribution in [1.29, 1.82) is 0 Å². The topological polar surface area (TPSA) is 55.5 Å². The van der Waals surface area contributed by atoms with E-state index in [1.807, 2.05) is 6.92 Å². The molecular formula is C13H20FNO2. The van der Waals surface area contributed by atoms with E-state index in [2.05, 4.69) is 0 Å². The summed E-state index contributed by atoms with van der Waals surface area (Å²) in [6, 6.07) is 5.02. The van der Waals surface area contributed by atoms with Gasteiger partial charge < -0.3 is 15.6 Å². The van der Waals surface area contributed by atoms with Crippen molar-refractivity contribution in [3.8, 4) is 5.75 Å². The van der Waals surface area contributed by atoms with Crippen LogP contribution in [0.25, 0.3) is 0 Å². The lowest BCUT2D eigenvalue weighted by molar-refractivity contribution is 0.130. The van der Waals surface area contributed by atoms with Crippen molar-refractivity contribution in [1.82, 2.24) is 0 Å². The number of aliphatic hydroxyl groups is 1. The molecule has 1 aromatic carbocycles. The summed E-state index contributed by atoms with van der Waals surface area (Å²) >= 11 is 0. The van der Waals surface area contributed by atoms with E-state index in [9.17, 15) is 4.39 Å². The summed E-state index contributed by atoms with van der Waals surface area (Å²) in [5.74, 6) is -0.117. The van der Waals surface area contributed by atoms with Crippen molar-refractivity contribution in [2.24, 2.45) is 5.73 Å². The molecule has 0 saturated heterocycles. The molecule has 0 aliphatic rings. The molecule has 0 spiro atoms. The summed E-state index contributed by atoms with van der Waals surface area (Å²) in [6.45, 7) is 5.10. The minimum atomic E-state index is -0.709. The second-order valence-corrected chi connectivity index (χ2v) is 4.83. The van der Waals surface area contributed by atoms with E-state index in [4.69, 9.17) is 15.6 Å². The van der Waals surface area contributed by atoms with Crippen LogP contribution in [0, 0.1) is 12.7 Å². The second-order valence-electron chi connectivity index (χ2n) is 4.83. The number of aliphatic hydroxyl groups excluding tert-OH is 1. The predicted octanol–water partition coefficient (Wildman–Crippen LogP) is 2.00. The Morgan fingerprint density at radius 1 is 1.53 bits per heavy atom. The first kappa shape index (κ1) is 13.9. The van der Waals surface area contributed by atoms with Crippen LogP contribution in [0.4, 0.5) is 4.39 Å². The van der Waals surface area contributed by atoms with E-state index in [1.165, 1.54) is 0 Å². The van der Waals surface area contributed by atoms with Crippen LogP contribution in [0.3, 0.4) is 0 Å². The van der Waals surface area contributed by atoms with Crippen molar-refractivity contribution in [2.75, 3.05) is 6.61 Å². The van der Waals surface area contributed by atoms with Crippen LogP contribution >= 0.6 is 0 Å². The molecule has 0 bridgehead atoms. The van der Waals surface area contributed by atoms with Gasteiger partial charge in [0.2, 0.25) is 0 Å². The average molecular weight is 241 g/mol. The summed E-state index contributed by atoms with van der Waals surface area (Å²) < 4.78 is 19.2. The Morgan fingerprint density at radius 2 is 2.18 bits per heavy atom. The van der Waals surface area contributed by atoms with E-state index in [0.29, 0.717) is 12.0 Å². The minimum absolute atomic E-state index is 0.128. The summed E-state index contributed by atoms with van der Waals surface area (Å²) in [5.41, 5.74) is 5.65. The lowest BCUT2D eigenvalue weighted by atomic mass is 9.97. The molecule has 2 atom stereocenters. The number of halogens is 1. The standard InChI is InChI=1S/C13H20FNO2/c1-9-5-4-6-11(12(9)14)17-10(2)7-13(3,15)8-16/h4-6,10,16H,7-8,15H2,1-3H3. The van der Waals surface area contributed by atoms with Crippen molar-refractivity contribution in [3.63, 3.8) is 0 Å². The van der Waals surface area contributed by atoms with E-state index < -0.39 is 5.54 Å². The normalized spacial score (nSPS) is 16.4. The molecule has 4 heteroatoms. The van der Waals surface area contributed by atoms with Crippen molar-refractivity contribution in [2.45, 2.75) is 38.8 Å². The third-order valence-corrected chi connectivity index (χ3v) is 2.60. The third-order valence-electron chi connectivity index (χ3n) is 2.60. The summed E-state index contributed by atoms with van der Waals surface area (Å²) in [4.78, 5) is 0. The fourth-order valence-electron chi connectivity index (χ4n) is 1.69. The number of nitrogens with two attached hydrogens (primary N) is 1. The zero-order valence-electron chi connectivity index (χ0n) is 10.5. The van der Waals surface area contributed by atoms with Crippen LogP contribution in [0.1, 0.15) is 25.8 Å². The maximum absolute atomic E-state index is 13.7. The lowest BCUT2D eigenvalue weighted by Gasteiger charge is -2.26. The quantitative estimate of drug-likeness (QED) is 0.829. The SMILES string of the molecule is Cc1cccc(OC(C)CC(C)(N)CO)c1F. The maximum Gasteiger partial charge on any atom is 0.167 e. The van der Waals surface area contributed by atoms with Gasteiger partial charge in [0.15, 0.2) is 11.6 Å². The molecule has 0 saturated carbocycles. The highest BCUT2D eigenvalue weighted by Gasteiger charge is 2.22. The summed E-state index contributed by atoms with van der Waals surface area (Å²) in [7, 11) is 0. The zero-order chi connectivity index (χ0) is 13.1. The largest absolute Gasteiger partial charge is 0.488 e. The van der Waals surface area contributed by atoms with Crippen molar-refractivity contribution >= 4 is 0 Å². The van der Waals surface area contributed by atoms with Gasteiger partial charge in [-0.3, -0.25) is 0 Å². The fourth-order valence-corrected chi connectivity index (χ4v) is 1.69. The number of hydrogen-bond donors (Lipinski definition) is 2. The molecule has 1 rings (SSSR count). The molecular weight excluding hydrogens is 221 g/mol. The van der Waals surface area contributed by atoms with Gasteiger partial charge >= 0.3 is 0 Å². The van der Waals surface area contributed by atoms with Gasteiger partial charge in [-0.15, -0.1) is 0 Å². The minimum Gasteiger partial charge on any atom is -0.488 e. The molecule has 0 radical (unpaired) electrons. The maximum atomic E-state index is 13.7. The van der Waals surface area contributed by atoms with Gasteiger partial charge in [0.25, 0.3) is 0 Å². The van der Waals surface area contributed by atoms with Crippen molar-refractivity contribution < 1.29 is 14.2 Å². The van der Waals surface area contributed by atoms with Gasteiger partial charge in [0.1, 0.15) is 0 Å². The van der Waals surface area contributed by atoms with E-state index in [1.54, 1.807) is 32.0 Å². The van der Waals surface area contributed by atoms with E-state index in [-0.39, 0.29) is 24.3 Å². The number of aryl methyl sites for hydroxylation is 1. The molecule has 17 heavy (non-hydrogen) atoms. The summed E-state index contributed by atoms with van der Waals surface area (Å²) in [5, 5.41) is 9.05. The monoisotopic (exact) mass is 241 g/mol. The first-order valence-corrected chi connectivity index (χ1v) is 5.67. The first-order chi connectivity index (χ1) is 7.85. The number of ether oxygens (including phenoxy) is 1. The van der Waals surface area contributed by atoms with Crippen LogP contribution in [0.2, 0.25) is 0 Å². The molecule has 3 N–H and O–H groups in total. The van der Waals surface area contributed by atoms with Gasteiger partial charge in [0.05, 0.1) is 12.7 Å². The van der Waals surface area contributed by atoms with Gasteiger partial charge in [-0.05, 0) is 32.4 Å². The average Bonchev–Trinajstić information content (AvgIpc) is 2.24.